The van der Waals surface area contributed by atoms with Gasteiger partial charge in [-0.3, -0.25) is 4.99 Å². The van der Waals surface area contributed by atoms with Crippen LogP contribution in [-0.2, 0) is 0 Å². The highest BCUT2D eigenvalue weighted by atomic mass is 16.3. The first kappa shape index (κ1) is 11.2. The van der Waals surface area contributed by atoms with Crippen LogP contribution in [0.5, 0.6) is 5.75 Å². The van der Waals surface area contributed by atoms with Crippen molar-refractivity contribution in [3.63, 3.8) is 0 Å². The molecule has 3 nitrogen and oxygen atoms in total. The van der Waals surface area contributed by atoms with E-state index in [0.717, 1.165) is 11.3 Å². The lowest BCUT2D eigenvalue weighted by Crippen LogP contribution is -1.84. The van der Waals surface area contributed by atoms with Crippen molar-refractivity contribution in [3.05, 3.63) is 53.6 Å². The van der Waals surface area contributed by atoms with Gasteiger partial charge in [-0.05, 0) is 48.9 Å². The summed E-state index contributed by atoms with van der Waals surface area (Å²) in [6, 6.07) is 12.7. The predicted molar refractivity (Wildman–Crippen MR) is 71.0 cm³/mol. The molecule has 0 bridgehead atoms. The molecule has 0 saturated heterocycles. The summed E-state index contributed by atoms with van der Waals surface area (Å²) in [6.07, 6.45) is 1.64. The van der Waals surface area contributed by atoms with E-state index in [4.69, 9.17) is 5.73 Å². The lowest BCUT2D eigenvalue weighted by molar-refractivity contribution is 0.474. The highest BCUT2D eigenvalue weighted by molar-refractivity contribution is 5.85. The molecule has 2 aromatic rings. The lowest BCUT2D eigenvalue weighted by Gasteiger charge is -2.00. The molecule has 0 radical (unpaired) electrons. The Balaban J connectivity index is 2.23. The Morgan fingerprint density at radius 2 is 1.82 bits per heavy atom. The summed E-state index contributed by atoms with van der Waals surface area (Å²) in [5, 5.41) is 9.70. The molecule has 3 N–H and O–H groups in total. The fourth-order valence-electron chi connectivity index (χ4n) is 1.47. The molecular weight excluding hydrogens is 212 g/mol. The Hall–Kier alpha value is -2.29. The fraction of sp³-hybridized carbons (Fsp3) is 0.0714. The van der Waals surface area contributed by atoms with Crippen LogP contribution in [0.1, 0.15) is 11.1 Å². The van der Waals surface area contributed by atoms with E-state index in [2.05, 4.69) is 4.99 Å². The van der Waals surface area contributed by atoms with E-state index in [0.29, 0.717) is 11.3 Å². The highest BCUT2D eigenvalue weighted by Gasteiger charge is 1.97. The minimum Gasteiger partial charge on any atom is -0.507 e. The summed E-state index contributed by atoms with van der Waals surface area (Å²) in [5.74, 6) is 0.240. The van der Waals surface area contributed by atoms with E-state index in [1.54, 1.807) is 24.4 Å². The van der Waals surface area contributed by atoms with Crippen molar-refractivity contribution in [1.29, 1.82) is 0 Å². The monoisotopic (exact) mass is 226 g/mol. The van der Waals surface area contributed by atoms with Crippen molar-refractivity contribution in [1.82, 2.24) is 0 Å². The van der Waals surface area contributed by atoms with E-state index >= 15 is 0 Å². The number of nitrogens with zero attached hydrogens (tertiary/aromatic N) is 1. The third-order valence-corrected chi connectivity index (χ3v) is 2.43. The predicted octanol–water partition coefficient (Wildman–Crippen LogP) is 3.03. The number of nitrogens with two attached hydrogens (primary N) is 1. The molecule has 2 aromatic carbocycles. The minimum absolute atomic E-state index is 0.240. The summed E-state index contributed by atoms with van der Waals surface area (Å²) in [4.78, 5) is 4.27. The average Bonchev–Trinajstić information content (AvgIpc) is 2.30. The van der Waals surface area contributed by atoms with Crippen molar-refractivity contribution >= 4 is 17.6 Å². The van der Waals surface area contributed by atoms with Crippen LogP contribution in [0.25, 0.3) is 0 Å². The first-order chi connectivity index (χ1) is 8.15. The molecule has 0 aliphatic carbocycles. The molecule has 86 valence electrons. The second-order valence-electron chi connectivity index (χ2n) is 3.91. The van der Waals surface area contributed by atoms with E-state index in [1.165, 1.54) is 0 Å². The number of aryl methyl sites for hydroxylation is 1. The van der Waals surface area contributed by atoms with Crippen LogP contribution in [0.15, 0.2) is 47.5 Å². The number of aromatic hydroxyl groups is 1. The zero-order chi connectivity index (χ0) is 12.3. The molecule has 0 amide bonds. The van der Waals surface area contributed by atoms with Crippen molar-refractivity contribution < 1.29 is 5.11 Å². The van der Waals surface area contributed by atoms with Crippen molar-refractivity contribution in [3.8, 4) is 5.75 Å². The van der Waals surface area contributed by atoms with Crippen LogP contribution in [0, 0.1) is 6.92 Å². The number of hydrogen-bond donors (Lipinski definition) is 2. The summed E-state index contributed by atoms with van der Waals surface area (Å²) in [7, 11) is 0. The standard InChI is InChI=1S/C14H14N2O/c1-10-2-3-11(14(17)8-10)9-16-13-6-4-12(15)5-7-13/h2-9,17H,15H2,1H3. The molecule has 0 aliphatic rings. The van der Waals surface area contributed by atoms with Gasteiger partial charge in [-0.2, -0.15) is 0 Å². The van der Waals surface area contributed by atoms with Crippen LogP contribution >= 0.6 is 0 Å². The van der Waals surface area contributed by atoms with Crippen molar-refractivity contribution in [2.45, 2.75) is 6.92 Å². The quantitative estimate of drug-likeness (QED) is 0.610. The average molecular weight is 226 g/mol. The number of phenolic OH excluding ortho intramolecular Hbond substituents is 1. The number of anilines is 1. The second-order valence-corrected chi connectivity index (χ2v) is 3.91. The molecule has 17 heavy (non-hydrogen) atoms. The van der Waals surface area contributed by atoms with Gasteiger partial charge in [0.05, 0.1) is 5.69 Å². The Kier molecular flexibility index (Phi) is 3.10. The normalized spacial score (nSPS) is 10.9. The number of nitrogen functional groups attached to an aromatic ring is 1. The maximum atomic E-state index is 9.70. The van der Waals surface area contributed by atoms with E-state index in [9.17, 15) is 5.11 Å². The van der Waals surface area contributed by atoms with Gasteiger partial charge in [-0.1, -0.05) is 6.07 Å². The first-order valence-corrected chi connectivity index (χ1v) is 5.34. The SMILES string of the molecule is Cc1ccc(C=Nc2ccc(N)cc2)c(O)c1. The molecule has 0 saturated carbocycles. The first-order valence-electron chi connectivity index (χ1n) is 5.34. The minimum atomic E-state index is 0.240. The third kappa shape index (κ3) is 2.84. The van der Waals surface area contributed by atoms with Gasteiger partial charge in [-0.15, -0.1) is 0 Å². The molecule has 3 heteroatoms. The van der Waals surface area contributed by atoms with Crippen LogP contribution in [0.2, 0.25) is 0 Å². The summed E-state index contributed by atoms with van der Waals surface area (Å²) < 4.78 is 0. The van der Waals surface area contributed by atoms with Gasteiger partial charge in [0, 0.05) is 17.5 Å². The Morgan fingerprint density at radius 1 is 1.12 bits per heavy atom. The van der Waals surface area contributed by atoms with E-state index < -0.39 is 0 Å². The molecule has 0 heterocycles. The molecule has 0 unspecified atom stereocenters. The zero-order valence-corrected chi connectivity index (χ0v) is 9.59. The van der Waals surface area contributed by atoms with Gasteiger partial charge >= 0.3 is 0 Å². The van der Waals surface area contributed by atoms with Crippen LogP contribution in [0.3, 0.4) is 0 Å². The number of hydrogen-bond acceptors (Lipinski definition) is 3. The fourth-order valence-corrected chi connectivity index (χ4v) is 1.47. The summed E-state index contributed by atoms with van der Waals surface area (Å²) in [6.45, 7) is 1.93. The number of rotatable bonds is 2. The zero-order valence-electron chi connectivity index (χ0n) is 9.59. The Morgan fingerprint density at radius 3 is 2.47 bits per heavy atom. The summed E-state index contributed by atoms with van der Waals surface area (Å²) >= 11 is 0. The van der Waals surface area contributed by atoms with Gasteiger partial charge < -0.3 is 10.8 Å². The van der Waals surface area contributed by atoms with Crippen LogP contribution in [-0.4, -0.2) is 11.3 Å². The Bertz CT molecular complexity index is 545. The van der Waals surface area contributed by atoms with Gasteiger partial charge in [0.15, 0.2) is 0 Å². The van der Waals surface area contributed by atoms with E-state index in [-0.39, 0.29) is 5.75 Å². The van der Waals surface area contributed by atoms with E-state index in [1.807, 2.05) is 31.2 Å². The van der Waals surface area contributed by atoms with Gasteiger partial charge in [-0.25, -0.2) is 0 Å². The largest absolute Gasteiger partial charge is 0.507 e. The molecule has 0 fully saturated rings. The van der Waals surface area contributed by atoms with Gasteiger partial charge in [0.1, 0.15) is 5.75 Å². The molecule has 0 spiro atoms. The smallest absolute Gasteiger partial charge is 0.124 e. The van der Waals surface area contributed by atoms with Gasteiger partial charge in [0.2, 0.25) is 0 Å². The third-order valence-electron chi connectivity index (χ3n) is 2.43. The summed E-state index contributed by atoms with van der Waals surface area (Å²) in [5.41, 5.74) is 8.82. The molecule has 2 rings (SSSR count). The molecule has 0 aliphatic heterocycles. The number of benzene rings is 2. The van der Waals surface area contributed by atoms with Crippen LogP contribution in [0.4, 0.5) is 11.4 Å². The van der Waals surface area contributed by atoms with Crippen molar-refractivity contribution in [2.75, 3.05) is 5.73 Å². The van der Waals surface area contributed by atoms with Crippen molar-refractivity contribution in [2.24, 2.45) is 4.99 Å². The van der Waals surface area contributed by atoms with Crippen LogP contribution < -0.4 is 5.73 Å². The second kappa shape index (κ2) is 4.70. The maximum absolute atomic E-state index is 9.70. The molecular formula is C14H14N2O. The van der Waals surface area contributed by atoms with Gasteiger partial charge in [0.25, 0.3) is 0 Å². The maximum Gasteiger partial charge on any atom is 0.124 e. The topological polar surface area (TPSA) is 58.6 Å². The number of phenols is 1. The molecule has 0 aromatic heterocycles. The Labute approximate surface area is 100 Å². The molecule has 0 atom stereocenters. The highest BCUT2D eigenvalue weighted by Crippen LogP contribution is 2.18. The lowest BCUT2D eigenvalue weighted by atomic mass is 10.1. The number of aliphatic imine (C=N–C) groups is 1.